The van der Waals surface area contributed by atoms with Crippen molar-refractivity contribution in [2.45, 2.75) is 33.6 Å². The van der Waals surface area contributed by atoms with Crippen molar-refractivity contribution in [3.8, 4) is 6.07 Å². The molecule has 0 saturated heterocycles. The van der Waals surface area contributed by atoms with Gasteiger partial charge in [-0.25, -0.2) is 0 Å². The van der Waals surface area contributed by atoms with Crippen molar-refractivity contribution in [1.82, 2.24) is 0 Å². The molecule has 0 heterocycles. The molecule has 4 atom stereocenters. The summed E-state index contributed by atoms with van der Waals surface area (Å²) in [6, 6.07) is 2.04. The van der Waals surface area contributed by atoms with E-state index in [4.69, 9.17) is 9.47 Å². The quantitative estimate of drug-likeness (QED) is 0.727. The van der Waals surface area contributed by atoms with Gasteiger partial charge in [-0.1, -0.05) is 6.92 Å². The largest absolute Gasteiger partial charge is 0.468 e. The summed E-state index contributed by atoms with van der Waals surface area (Å²) in [4.78, 5) is 23.9. The third-order valence-corrected chi connectivity index (χ3v) is 4.12. The molecule has 0 aromatic rings. The zero-order valence-electron chi connectivity index (χ0n) is 11.9. The maximum Gasteiger partial charge on any atom is 0.326 e. The van der Waals surface area contributed by atoms with Crippen LogP contribution in [-0.2, 0) is 19.1 Å². The van der Waals surface area contributed by atoms with Crippen molar-refractivity contribution in [1.29, 1.82) is 5.26 Å². The standard InChI is InChI=1S/C14H21NO4/c1-5-19-12(16)11-9(2)6-7-10(11)14(3,8-15)13(17)18-4/h9-11H,5-7H2,1-4H3. The van der Waals surface area contributed by atoms with Gasteiger partial charge in [0, 0.05) is 5.92 Å². The van der Waals surface area contributed by atoms with Crippen LogP contribution in [0.2, 0.25) is 0 Å². The van der Waals surface area contributed by atoms with Gasteiger partial charge in [0.25, 0.3) is 0 Å². The van der Waals surface area contributed by atoms with E-state index >= 15 is 0 Å². The van der Waals surface area contributed by atoms with Crippen LogP contribution in [0.5, 0.6) is 0 Å². The van der Waals surface area contributed by atoms with E-state index in [0.29, 0.717) is 13.0 Å². The zero-order chi connectivity index (χ0) is 14.6. The first kappa shape index (κ1) is 15.5. The lowest BCUT2D eigenvalue weighted by atomic mass is 9.71. The smallest absolute Gasteiger partial charge is 0.326 e. The summed E-state index contributed by atoms with van der Waals surface area (Å²) in [5.41, 5.74) is -1.29. The van der Waals surface area contributed by atoms with E-state index in [1.807, 2.05) is 13.0 Å². The molecule has 0 radical (unpaired) electrons. The molecular weight excluding hydrogens is 246 g/mol. The molecule has 1 aliphatic carbocycles. The SMILES string of the molecule is CCOC(=O)C1C(C)CCC1C(C)(C#N)C(=O)OC. The van der Waals surface area contributed by atoms with Gasteiger partial charge in [-0.15, -0.1) is 0 Å². The molecule has 0 amide bonds. The molecule has 1 aliphatic rings. The highest BCUT2D eigenvalue weighted by Crippen LogP contribution is 2.47. The molecule has 0 aromatic heterocycles. The molecule has 1 rings (SSSR count). The second-order valence-electron chi connectivity index (χ2n) is 5.24. The first-order valence-electron chi connectivity index (χ1n) is 6.58. The van der Waals surface area contributed by atoms with Crippen molar-refractivity contribution in [3.63, 3.8) is 0 Å². The van der Waals surface area contributed by atoms with Gasteiger partial charge in [-0.3, -0.25) is 9.59 Å². The zero-order valence-corrected chi connectivity index (χ0v) is 11.9. The van der Waals surface area contributed by atoms with Gasteiger partial charge in [-0.05, 0) is 32.6 Å². The van der Waals surface area contributed by atoms with E-state index in [1.165, 1.54) is 7.11 Å². The number of nitriles is 1. The summed E-state index contributed by atoms with van der Waals surface area (Å²) in [5, 5.41) is 9.36. The van der Waals surface area contributed by atoms with E-state index in [0.717, 1.165) is 6.42 Å². The van der Waals surface area contributed by atoms with Crippen molar-refractivity contribution >= 4 is 11.9 Å². The predicted octanol–water partition coefficient (Wildman–Crippen LogP) is 1.91. The topological polar surface area (TPSA) is 76.4 Å². The lowest BCUT2D eigenvalue weighted by Gasteiger charge is -2.30. The van der Waals surface area contributed by atoms with Crippen molar-refractivity contribution in [2.75, 3.05) is 13.7 Å². The normalized spacial score (nSPS) is 29.1. The summed E-state index contributed by atoms with van der Waals surface area (Å²) in [6.45, 7) is 5.55. The van der Waals surface area contributed by atoms with Gasteiger partial charge in [0.05, 0.1) is 25.7 Å². The lowest BCUT2D eigenvalue weighted by molar-refractivity contribution is -0.158. The van der Waals surface area contributed by atoms with Gasteiger partial charge in [0.2, 0.25) is 0 Å². The average Bonchev–Trinajstić information content (AvgIpc) is 2.79. The maximum absolute atomic E-state index is 12.1. The Bertz CT molecular complexity index is 401. The Morgan fingerprint density at radius 2 is 2.05 bits per heavy atom. The fourth-order valence-corrected chi connectivity index (χ4v) is 2.97. The summed E-state index contributed by atoms with van der Waals surface area (Å²) >= 11 is 0. The Labute approximate surface area is 113 Å². The summed E-state index contributed by atoms with van der Waals surface area (Å²) in [6.07, 6.45) is 1.46. The average molecular weight is 267 g/mol. The first-order valence-corrected chi connectivity index (χ1v) is 6.58. The van der Waals surface area contributed by atoms with Crippen LogP contribution in [0.4, 0.5) is 0 Å². The van der Waals surface area contributed by atoms with Crippen LogP contribution in [0.1, 0.15) is 33.6 Å². The molecule has 19 heavy (non-hydrogen) atoms. The summed E-state index contributed by atoms with van der Waals surface area (Å²) in [5.74, 6) is -1.55. The van der Waals surface area contributed by atoms with Crippen molar-refractivity contribution in [3.05, 3.63) is 0 Å². The van der Waals surface area contributed by atoms with E-state index in [-0.39, 0.29) is 17.8 Å². The Morgan fingerprint density at radius 1 is 1.42 bits per heavy atom. The van der Waals surface area contributed by atoms with Crippen LogP contribution in [-0.4, -0.2) is 25.7 Å². The van der Waals surface area contributed by atoms with Crippen LogP contribution in [0.25, 0.3) is 0 Å². The predicted molar refractivity (Wildman–Crippen MR) is 67.7 cm³/mol. The molecule has 0 aromatic carbocycles. The van der Waals surface area contributed by atoms with E-state index in [2.05, 4.69) is 0 Å². The van der Waals surface area contributed by atoms with Crippen LogP contribution in [0.15, 0.2) is 0 Å². The summed E-state index contributed by atoms with van der Waals surface area (Å²) < 4.78 is 9.81. The number of carbonyl (C=O) groups excluding carboxylic acids is 2. The van der Waals surface area contributed by atoms with Crippen LogP contribution < -0.4 is 0 Å². The number of rotatable bonds is 4. The number of hydrogen-bond donors (Lipinski definition) is 0. The lowest BCUT2D eigenvalue weighted by Crippen LogP contribution is -2.41. The Hall–Kier alpha value is -1.57. The molecule has 1 saturated carbocycles. The molecule has 106 valence electrons. The number of methoxy groups -OCH3 is 1. The minimum Gasteiger partial charge on any atom is -0.468 e. The summed E-state index contributed by atoms with van der Waals surface area (Å²) in [7, 11) is 1.26. The van der Waals surface area contributed by atoms with Gasteiger partial charge in [0.15, 0.2) is 5.41 Å². The van der Waals surface area contributed by atoms with E-state index in [9.17, 15) is 14.9 Å². The number of nitrogens with zero attached hydrogens (tertiary/aromatic N) is 1. The molecule has 0 bridgehead atoms. The van der Waals surface area contributed by atoms with Crippen molar-refractivity contribution < 1.29 is 19.1 Å². The number of carbonyl (C=O) groups is 2. The Balaban J connectivity index is 3.06. The third-order valence-electron chi connectivity index (χ3n) is 4.12. The minimum atomic E-state index is -1.29. The minimum absolute atomic E-state index is 0.112. The third kappa shape index (κ3) is 2.73. The monoisotopic (exact) mass is 267 g/mol. The van der Waals surface area contributed by atoms with Crippen LogP contribution >= 0.6 is 0 Å². The fraction of sp³-hybridized carbons (Fsp3) is 0.786. The van der Waals surface area contributed by atoms with Gasteiger partial charge >= 0.3 is 11.9 Å². The van der Waals surface area contributed by atoms with Gasteiger partial charge < -0.3 is 9.47 Å². The molecule has 0 N–H and O–H groups in total. The van der Waals surface area contributed by atoms with Crippen molar-refractivity contribution in [2.24, 2.45) is 23.2 Å². The molecule has 4 unspecified atom stereocenters. The maximum atomic E-state index is 12.1. The van der Waals surface area contributed by atoms with E-state index in [1.54, 1.807) is 13.8 Å². The van der Waals surface area contributed by atoms with Crippen LogP contribution in [0.3, 0.4) is 0 Å². The molecule has 1 fully saturated rings. The van der Waals surface area contributed by atoms with Gasteiger partial charge in [-0.2, -0.15) is 5.26 Å². The van der Waals surface area contributed by atoms with E-state index < -0.39 is 17.3 Å². The second-order valence-corrected chi connectivity index (χ2v) is 5.24. The Morgan fingerprint density at radius 3 is 2.53 bits per heavy atom. The molecule has 5 heteroatoms. The number of esters is 2. The molecule has 5 nitrogen and oxygen atoms in total. The molecule has 0 spiro atoms. The molecular formula is C14H21NO4. The fourth-order valence-electron chi connectivity index (χ4n) is 2.97. The highest BCUT2D eigenvalue weighted by Gasteiger charge is 2.53. The Kier molecular flexibility index (Phi) is 4.93. The number of hydrogen-bond acceptors (Lipinski definition) is 5. The highest BCUT2D eigenvalue weighted by atomic mass is 16.5. The van der Waals surface area contributed by atoms with Gasteiger partial charge in [0.1, 0.15) is 0 Å². The second kappa shape index (κ2) is 6.05. The molecule has 0 aliphatic heterocycles. The first-order chi connectivity index (χ1) is 8.92. The highest BCUT2D eigenvalue weighted by molar-refractivity contribution is 5.82. The number of ether oxygens (including phenoxy) is 2. The van der Waals surface area contributed by atoms with Crippen LogP contribution in [0, 0.1) is 34.5 Å².